The molecule has 4 rings (SSSR count). The molecule has 0 radical (unpaired) electrons. The molecular formula is C30H39ClFN7O6. The van der Waals surface area contributed by atoms with Crippen LogP contribution in [-0.4, -0.2) is 105 Å². The molecule has 0 aliphatic carbocycles. The van der Waals surface area contributed by atoms with Gasteiger partial charge in [-0.2, -0.15) is 0 Å². The number of hydrogen-bond donors (Lipinski definition) is 4. The molecule has 244 valence electrons. The summed E-state index contributed by atoms with van der Waals surface area (Å²) in [5.74, 6) is -3.09. The molecule has 1 aliphatic heterocycles. The first-order valence-corrected chi connectivity index (χ1v) is 14.7. The molecule has 0 spiro atoms. The quantitative estimate of drug-likeness (QED) is 0.238. The number of likely N-dealkylation sites (N-methyl/N-ethyl adjacent to an activating group) is 1. The first-order valence-electron chi connectivity index (χ1n) is 14.3. The molecule has 5 N–H and O–H groups in total. The van der Waals surface area contributed by atoms with Crippen LogP contribution < -0.4 is 15.8 Å². The van der Waals surface area contributed by atoms with E-state index in [0.29, 0.717) is 53.7 Å². The number of halogens is 2. The number of anilines is 1. The monoisotopic (exact) mass is 647 g/mol. The minimum absolute atomic E-state index is 0.152. The molecule has 0 unspecified atom stereocenters. The molecule has 3 aromatic rings. The van der Waals surface area contributed by atoms with E-state index < -0.39 is 29.6 Å². The van der Waals surface area contributed by atoms with Gasteiger partial charge in [0.2, 0.25) is 0 Å². The van der Waals surface area contributed by atoms with E-state index in [9.17, 15) is 14.4 Å². The van der Waals surface area contributed by atoms with Crippen molar-refractivity contribution in [1.82, 2.24) is 29.5 Å². The van der Waals surface area contributed by atoms with Gasteiger partial charge >= 0.3 is 11.9 Å². The van der Waals surface area contributed by atoms with E-state index in [4.69, 9.17) is 37.3 Å². The molecule has 0 saturated carbocycles. The van der Waals surface area contributed by atoms with E-state index in [1.807, 2.05) is 32.1 Å². The molecule has 13 nitrogen and oxygen atoms in total. The van der Waals surface area contributed by atoms with Gasteiger partial charge in [0.25, 0.3) is 5.91 Å². The number of carboxylic acid groups (broad SMARTS) is 2. The van der Waals surface area contributed by atoms with Gasteiger partial charge in [-0.05, 0) is 33.9 Å². The lowest BCUT2D eigenvalue weighted by atomic mass is 9.95. The number of rotatable bonds is 10. The molecule has 15 heteroatoms. The topological polar surface area (TPSA) is 176 Å². The smallest absolute Gasteiger partial charge is 0.328 e. The van der Waals surface area contributed by atoms with Gasteiger partial charge in [-0.25, -0.2) is 23.9 Å². The molecule has 1 aromatic carbocycles. The van der Waals surface area contributed by atoms with E-state index in [0.717, 1.165) is 26.2 Å². The van der Waals surface area contributed by atoms with Crippen molar-refractivity contribution in [3.8, 4) is 5.75 Å². The third kappa shape index (κ3) is 9.12. The Kier molecular flexibility index (Phi) is 12.2. The fraction of sp³-hybridized carbons (Fsp3) is 0.433. The number of aromatic nitrogens is 3. The number of nitrogens with one attached hydrogen (secondary N) is 1. The van der Waals surface area contributed by atoms with E-state index in [1.165, 1.54) is 6.07 Å². The molecule has 3 heterocycles. The first-order chi connectivity index (χ1) is 21.2. The highest BCUT2D eigenvalue weighted by atomic mass is 35.5. The molecule has 1 aliphatic rings. The van der Waals surface area contributed by atoms with E-state index in [1.54, 1.807) is 12.4 Å². The Morgan fingerprint density at radius 1 is 1.16 bits per heavy atom. The van der Waals surface area contributed by atoms with Gasteiger partial charge in [-0.15, -0.1) is 0 Å². The number of aliphatic carboxylic acids is 2. The number of aryl methyl sites for hydroxylation is 1. The number of nitrogen functional groups attached to an aromatic ring is 1. The summed E-state index contributed by atoms with van der Waals surface area (Å²) in [5.41, 5.74) is 7.88. The Balaban J connectivity index is 0.000000610. The lowest BCUT2D eigenvalue weighted by Crippen LogP contribution is -2.47. The SMILES string of the molecule is Cc1nc([C@@H](C)c2cc(Cl)c(F)c(C(=O)NCCN3CCN(C)CC3)c2OC(C)C)n2ccnc(N)c12.O=C(O)/C=C/C(=O)O. The minimum atomic E-state index is -1.26. The van der Waals surface area contributed by atoms with Gasteiger partial charge in [-0.1, -0.05) is 18.5 Å². The van der Waals surface area contributed by atoms with Gasteiger partial charge in [0.05, 0.1) is 16.8 Å². The second-order valence-electron chi connectivity index (χ2n) is 10.9. The summed E-state index contributed by atoms with van der Waals surface area (Å²) in [4.78, 5) is 45.9. The summed E-state index contributed by atoms with van der Waals surface area (Å²) in [7, 11) is 2.09. The van der Waals surface area contributed by atoms with E-state index in [-0.39, 0.29) is 22.4 Å². The van der Waals surface area contributed by atoms with Crippen LogP contribution in [0.3, 0.4) is 0 Å². The predicted molar refractivity (Wildman–Crippen MR) is 168 cm³/mol. The normalized spacial score (nSPS) is 14.8. The van der Waals surface area contributed by atoms with Crippen molar-refractivity contribution in [1.29, 1.82) is 0 Å². The largest absolute Gasteiger partial charge is 0.490 e. The van der Waals surface area contributed by atoms with Crippen molar-refractivity contribution < 1.29 is 33.7 Å². The zero-order valence-electron chi connectivity index (χ0n) is 25.9. The maximum Gasteiger partial charge on any atom is 0.328 e. The Labute approximate surface area is 265 Å². The van der Waals surface area contributed by atoms with Gasteiger partial charge in [0.15, 0.2) is 5.82 Å². The number of carbonyl (C=O) groups is 3. The molecule has 1 fully saturated rings. The number of fused-ring (bicyclic) bond motifs is 1. The van der Waals surface area contributed by atoms with Crippen LogP contribution in [0, 0.1) is 12.7 Å². The van der Waals surface area contributed by atoms with Crippen molar-refractivity contribution in [3.63, 3.8) is 0 Å². The van der Waals surface area contributed by atoms with E-state index >= 15 is 4.39 Å². The number of hydrogen-bond acceptors (Lipinski definition) is 9. The fourth-order valence-corrected chi connectivity index (χ4v) is 5.07. The van der Waals surface area contributed by atoms with Crippen LogP contribution in [0.4, 0.5) is 10.2 Å². The highest BCUT2D eigenvalue weighted by Gasteiger charge is 2.30. The third-order valence-electron chi connectivity index (χ3n) is 7.10. The molecule has 2 aromatic heterocycles. The highest BCUT2D eigenvalue weighted by molar-refractivity contribution is 6.31. The summed E-state index contributed by atoms with van der Waals surface area (Å²) < 4.78 is 23.3. The number of carbonyl (C=O) groups excluding carboxylic acids is 1. The van der Waals surface area contributed by atoms with Crippen LogP contribution in [0.15, 0.2) is 30.6 Å². The summed E-state index contributed by atoms with van der Waals surface area (Å²) >= 11 is 6.34. The van der Waals surface area contributed by atoms with E-state index in [2.05, 4.69) is 27.1 Å². The van der Waals surface area contributed by atoms with Crippen LogP contribution in [-0.2, 0) is 9.59 Å². The highest BCUT2D eigenvalue weighted by Crippen LogP contribution is 2.39. The van der Waals surface area contributed by atoms with Crippen LogP contribution in [0.2, 0.25) is 5.02 Å². The predicted octanol–water partition coefficient (Wildman–Crippen LogP) is 3.04. The Morgan fingerprint density at radius 2 is 1.78 bits per heavy atom. The van der Waals surface area contributed by atoms with Crippen molar-refractivity contribution >= 4 is 40.8 Å². The molecule has 1 amide bonds. The number of nitrogens with two attached hydrogens (primary N) is 1. The number of imidazole rings is 1. The number of nitrogens with zero attached hydrogens (tertiary/aromatic N) is 5. The third-order valence-corrected chi connectivity index (χ3v) is 7.37. The average molecular weight is 648 g/mol. The Bertz CT molecular complexity index is 1550. The molecule has 1 atom stereocenters. The second-order valence-corrected chi connectivity index (χ2v) is 11.3. The lowest BCUT2D eigenvalue weighted by molar-refractivity contribution is -0.134. The number of ether oxygens (including phenoxy) is 1. The van der Waals surface area contributed by atoms with Gasteiger partial charge in [0.1, 0.15) is 28.5 Å². The van der Waals surface area contributed by atoms with Gasteiger partial charge < -0.3 is 30.9 Å². The van der Waals surface area contributed by atoms with Crippen molar-refractivity contribution in [2.75, 3.05) is 52.0 Å². The number of amides is 1. The average Bonchev–Trinajstić information content (AvgIpc) is 3.32. The van der Waals surface area contributed by atoms with Crippen LogP contribution in [0.5, 0.6) is 5.75 Å². The fourth-order valence-electron chi connectivity index (χ4n) is 4.86. The number of carboxylic acids is 2. The summed E-state index contributed by atoms with van der Waals surface area (Å²) in [5, 5.41) is 18.3. The Morgan fingerprint density at radius 3 is 2.36 bits per heavy atom. The van der Waals surface area contributed by atoms with Gasteiger partial charge in [-0.3, -0.25) is 14.1 Å². The number of piperazine rings is 1. The number of benzene rings is 1. The first kappa shape index (κ1) is 35.2. The summed E-state index contributed by atoms with van der Waals surface area (Å²) in [6.45, 7) is 12.3. The Hall–Kier alpha value is -4.27. The molecular weight excluding hydrogens is 609 g/mol. The standard InChI is InChI=1S/C26H35ClFN7O2.C4H4O4/c1-15(2)37-23-18(16(3)25-32-17(4)22-24(29)30-7-9-35(22)25)14-19(27)21(28)20(23)26(36)31-6-8-34-12-10-33(5)11-13-34;5-3(6)1-2-4(7)8/h7,9,14-16H,6,8,10-13H2,1-5H3,(H2,29,30)(H,31,36);1-2H,(H,5,6)(H,7,8)/b;2-1+/t16-;/m0./s1. The van der Waals surface area contributed by atoms with Crippen LogP contribution in [0.25, 0.3) is 5.52 Å². The maximum atomic E-state index is 15.4. The second kappa shape index (κ2) is 15.6. The summed E-state index contributed by atoms with van der Waals surface area (Å²) in [6, 6.07) is 1.52. The lowest BCUT2D eigenvalue weighted by Gasteiger charge is -2.32. The summed E-state index contributed by atoms with van der Waals surface area (Å²) in [6.07, 6.45) is 4.19. The van der Waals surface area contributed by atoms with Crippen molar-refractivity contribution in [3.05, 3.63) is 64.1 Å². The zero-order valence-corrected chi connectivity index (χ0v) is 26.6. The maximum absolute atomic E-state index is 15.4. The minimum Gasteiger partial charge on any atom is -0.490 e. The molecule has 45 heavy (non-hydrogen) atoms. The molecule has 0 bridgehead atoms. The molecule has 1 saturated heterocycles. The van der Waals surface area contributed by atoms with Crippen LogP contribution >= 0.6 is 11.6 Å². The van der Waals surface area contributed by atoms with Crippen molar-refractivity contribution in [2.45, 2.75) is 39.7 Å². The van der Waals surface area contributed by atoms with Crippen LogP contribution in [0.1, 0.15) is 54.1 Å². The van der Waals surface area contributed by atoms with Crippen molar-refractivity contribution in [2.24, 2.45) is 0 Å². The zero-order chi connectivity index (χ0) is 33.4. The van der Waals surface area contributed by atoms with Gasteiger partial charge in [0, 0.05) is 75.3 Å².